The Labute approximate surface area is 154 Å². The van der Waals surface area contributed by atoms with Gasteiger partial charge in [0.05, 0.1) is 24.6 Å². The van der Waals surface area contributed by atoms with Crippen LogP contribution in [0.5, 0.6) is 0 Å². The first-order chi connectivity index (χ1) is 12.6. The van der Waals surface area contributed by atoms with Gasteiger partial charge in [-0.2, -0.15) is 0 Å². The van der Waals surface area contributed by atoms with Gasteiger partial charge in [0.25, 0.3) is 5.56 Å². The Morgan fingerprint density at radius 2 is 2.12 bits per heavy atom. The molecule has 3 aromatic rings. The monoisotopic (exact) mass is 369 g/mol. The second kappa shape index (κ2) is 6.64. The van der Waals surface area contributed by atoms with Gasteiger partial charge in [0.1, 0.15) is 0 Å². The maximum atomic E-state index is 13.0. The van der Waals surface area contributed by atoms with Crippen molar-refractivity contribution in [3.63, 3.8) is 0 Å². The molecule has 0 amide bonds. The van der Waals surface area contributed by atoms with Gasteiger partial charge in [-0.15, -0.1) is 16.4 Å². The molecule has 0 bridgehead atoms. The van der Waals surface area contributed by atoms with Gasteiger partial charge in [-0.3, -0.25) is 4.79 Å². The summed E-state index contributed by atoms with van der Waals surface area (Å²) in [4.78, 5) is 26.5. The number of thiophene rings is 1. The molecule has 1 aliphatic rings. The van der Waals surface area contributed by atoms with Gasteiger partial charge in [0, 0.05) is 4.88 Å². The predicted octanol–water partition coefficient (Wildman–Crippen LogP) is 2.81. The SMILES string of the molecule is COC(=O)c1ccc(Cn2nnc3sc4c(c3c2=O)CC[C@@H](C)C4)cc1. The number of ether oxygens (including phenoxy) is 1. The molecule has 134 valence electrons. The Morgan fingerprint density at radius 1 is 1.35 bits per heavy atom. The Balaban J connectivity index is 1.68. The number of fused-ring (bicyclic) bond motifs is 3. The highest BCUT2D eigenvalue weighted by Crippen LogP contribution is 2.35. The largest absolute Gasteiger partial charge is 0.465 e. The molecule has 0 radical (unpaired) electrons. The van der Waals surface area contributed by atoms with E-state index in [9.17, 15) is 9.59 Å². The van der Waals surface area contributed by atoms with Crippen LogP contribution in [0.2, 0.25) is 0 Å². The lowest BCUT2D eigenvalue weighted by Crippen LogP contribution is -2.25. The first-order valence-corrected chi connectivity index (χ1v) is 9.43. The molecule has 1 aromatic carbocycles. The zero-order valence-electron chi connectivity index (χ0n) is 14.7. The fourth-order valence-corrected chi connectivity index (χ4v) is 4.75. The summed E-state index contributed by atoms with van der Waals surface area (Å²) in [6, 6.07) is 6.97. The summed E-state index contributed by atoms with van der Waals surface area (Å²) >= 11 is 1.60. The summed E-state index contributed by atoms with van der Waals surface area (Å²) in [6.07, 6.45) is 3.06. The molecule has 1 atom stereocenters. The van der Waals surface area contributed by atoms with E-state index < -0.39 is 0 Å². The van der Waals surface area contributed by atoms with E-state index in [1.807, 2.05) is 0 Å². The average Bonchev–Trinajstić information content (AvgIpc) is 3.02. The third kappa shape index (κ3) is 2.92. The van der Waals surface area contributed by atoms with E-state index in [2.05, 4.69) is 17.2 Å². The van der Waals surface area contributed by atoms with Gasteiger partial charge in [0.15, 0.2) is 4.83 Å². The molecule has 1 aliphatic carbocycles. The Morgan fingerprint density at radius 3 is 2.85 bits per heavy atom. The highest BCUT2D eigenvalue weighted by Gasteiger charge is 2.23. The fraction of sp³-hybridized carbons (Fsp3) is 0.368. The number of carbonyl (C=O) groups excluding carboxylic acids is 1. The smallest absolute Gasteiger partial charge is 0.337 e. The molecule has 0 saturated heterocycles. The second-order valence-electron chi connectivity index (χ2n) is 6.77. The van der Waals surface area contributed by atoms with E-state index in [4.69, 9.17) is 4.74 Å². The van der Waals surface area contributed by atoms with Crippen molar-refractivity contribution in [2.45, 2.75) is 32.7 Å². The van der Waals surface area contributed by atoms with E-state index >= 15 is 0 Å². The van der Waals surface area contributed by atoms with Crippen LogP contribution in [-0.2, 0) is 24.1 Å². The summed E-state index contributed by atoms with van der Waals surface area (Å²) in [5, 5.41) is 9.13. The molecular formula is C19H19N3O3S. The van der Waals surface area contributed by atoms with Crippen LogP contribution in [0.4, 0.5) is 0 Å². The van der Waals surface area contributed by atoms with Crippen LogP contribution < -0.4 is 5.56 Å². The molecule has 26 heavy (non-hydrogen) atoms. The van der Waals surface area contributed by atoms with Gasteiger partial charge >= 0.3 is 5.97 Å². The molecule has 6 nitrogen and oxygen atoms in total. The number of benzene rings is 1. The molecule has 0 fully saturated rings. The number of esters is 1. The normalized spacial score (nSPS) is 16.5. The number of nitrogens with zero attached hydrogens (tertiary/aromatic N) is 3. The summed E-state index contributed by atoms with van der Waals surface area (Å²) in [5.74, 6) is 0.271. The number of aryl methyl sites for hydroxylation is 1. The Kier molecular flexibility index (Phi) is 4.32. The molecule has 7 heteroatoms. The average molecular weight is 369 g/mol. The topological polar surface area (TPSA) is 74.1 Å². The van der Waals surface area contributed by atoms with Crippen LogP contribution in [0.3, 0.4) is 0 Å². The molecule has 4 rings (SSSR count). The quantitative estimate of drug-likeness (QED) is 0.664. The standard InChI is InChI=1S/C19H19N3O3S/c1-11-3-8-14-15(9-11)26-17-16(14)18(23)22(21-20-17)10-12-4-6-13(7-5-12)19(24)25-2/h4-7,11H,3,8-10H2,1-2H3/t11-/m1/s1. The second-order valence-corrected chi connectivity index (χ2v) is 7.86. The number of hydrogen-bond acceptors (Lipinski definition) is 6. The van der Waals surface area contributed by atoms with Crippen LogP contribution in [0.15, 0.2) is 29.1 Å². The van der Waals surface area contributed by atoms with Crippen molar-refractivity contribution in [3.05, 3.63) is 56.2 Å². The van der Waals surface area contributed by atoms with Crippen LogP contribution >= 0.6 is 11.3 Å². The van der Waals surface area contributed by atoms with Crippen molar-refractivity contribution in [2.24, 2.45) is 5.92 Å². The van der Waals surface area contributed by atoms with Crippen molar-refractivity contribution < 1.29 is 9.53 Å². The third-order valence-electron chi connectivity index (χ3n) is 4.89. The minimum Gasteiger partial charge on any atom is -0.465 e. The zero-order valence-corrected chi connectivity index (χ0v) is 15.5. The van der Waals surface area contributed by atoms with E-state index in [0.717, 1.165) is 40.6 Å². The highest BCUT2D eigenvalue weighted by atomic mass is 32.1. The molecule has 0 saturated carbocycles. The lowest BCUT2D eigenvalue weighted by atomic mass is 9.89. The van der Waals surface area contributed by atoms with Crippen LogP contribution in [0.1, 0.15) is 39.7 Å². The minimum absolute atomic E-state index is 0.0842. The van der Waals surface area contributed by atoms with Gasteiger partial charge < -0.3 is 4.74 Å². The molecule has 0 N–H and O–H groups in total. The number of aromatic nitrogens is 3. The van der Waals surface area contributed by atoms with E-state index in [1.54, 1.807) is 35.6 Å². The van der Waals surface area contributed by atoms with Crippen molar-refractivity contribution in [2.75, 3.05) is 7.11 Å². The van der Waals surface area contributed by atoms with E-state index in [1.165, 1.54) is 16.7 Å². The van der Waals surface area contributed by atoms with Gasteiger partial charge in [-0.05, 0) is 48.4 Å². The van der Waals surface area contributed by atoms with Crippen LogP contribution in [-0.4, -0.2) is 28.1 Å². The van der Waals surface area contributed by atoms with Crippen molar-refractivity contribution in [3.8, 4) is 0 Å². The molecular weight excluding hydrogens is 350 g/mol. The van der Waals surface area contributed by atoms with Crippen molar-refractivity contribution >= 4 is 27.5 Å². The predicted molar refractivity (Wildman–Crippen MR) is 99.7 cm³/mol. The summed E-state index contributed by atoms with van der Waals surface area (Å²) in [7, 11) is 1.35. The fourth-order valence-electron chi connectivity index (χ4n) is 3.43. The zero-order chi connectivity index (χ0) is 18.3. The van der Waals surface area contributed by atoms with E-state index in [-0.39, 0.29) is 11.5 Å². The molecule has 2 aromatic heterocycles. The maximum absolute atomic E-state index is 13.0. The number of rotatable bonds is 3. The van der Waals surface area contributed by atoms with Crippen LogP contribution in [0, 0.1) is 5.92 Å². The summed E-state index contributed by atoms with van der Waals surface area (Å²) in [6.45, 7) is 2.57. The van der Waals surface area contributed by atoms with Crippen LogP contribution in [0.25, 0.3) is 10.2 Å². The Hall–Kier alpha value is -2.54. The van der Waals surface area contributed by atoms with Gasteiger partial charge in [-0.25, -0.2) is 9.48 Å². The number of methoxy groups -OCH3 is 1. The van der Waals surface area contributed by atoms with E-state index in [0.29, 0.717) is 18.0 Å². The number of carbonyl (C=O) groups is 1. The van der Waals surface area contributed by atoms with Gasteiger partial charge in [-0.1, -0.05) is 24.3 Å². The lowest BCUT2D eigenvalue weighted by Gasteiger charge is -2.17. The summed E-state index contributed by atoms with van der Waals surface area (Å²) in [5.41, 5.74) is 2.44. The van der Waals surface area contributed by atoms with Crippen molar-refractivity contribution in [1.82, 2.24) is 15.0 Å². The maximum Gasteiger partial charge on any atom is 0.337 e. The molecule has 0 unspecified atom stereocenters. The lowest BCUT2D eigenvalue weighted by molar-refractivity contribution is 0.0600. The molecule has 0 aliphatic heterocycles. The third-order valence-corrected chi connectivity index (χ3v) is 6.03. The first-order valence-electron chi connectivity index (χ1n) is 8.62. The van der Waals surface area contributed by atoms with Gasteiger partial charge in [0.2, 0.25) is 0 Å². The summed E-state index contributed by atoms with van der Waals surface area (Å²) < 4.78 is 6.10. The first kappa shape index (κ1) is 16.9. The highest BCUT2D eigenvalue weighted by molar-refractivity contribution is 7.18. The molecule has 0 spiro atoms. The Bertz CT molecular complexity index is 1040. The van der Waals surface area contributed by atoms with Crippen molar-refractivity contribution in [1.29, 1.82) is 0 Å². The molecule has 2 heterocycles. The number of hydrogen-bond donors (Lipinski definition) is 0. The minimum atomic E-state index is -0.381.